The number of aryl methyl sites for hydroxylation is 2. The Morgan fingerprint density at radius 1 is 1.50 bits per heavy atom. The third-order valence-electron chi connectivity index (χ3n) is 4.55. The highest BCUT2D eigenvalue weighted by Gasteiger charge is 2.38. The van der Waals surface area contributed by atoms with E-state index in [9.17, 15) is 4.79 Å². The second-order valence-electron chi connectivity index (χ2n) is 6.21. The largest absolute Gasteiger partial charge is 0.497 e. The van der Waals surface area contributed by atoms with Gasteiger partial charge in [-0.1, -0.05) is 0 Å². The molecule has 0 saturated carbocycles. The van der Waals surface area contributed by atoms with Crippen molar-refractivity contribution in [2.75, 3.05) is 20.3 Å². The molecule has 1 saturated heterocycles. The number of nitrogens with one attached hydrogen (secondary N) is 1. The van der Waals surface area contributed by atoms with Crippen LogP contribution in [0.25, 0.3) is 0 Å². The van der Waals surface area contributed by atoms with Gasteiger partial charge in [0.15, 0.2) is 0 Å². The molecule has 24 heavy (non-hydrogen) atoms. The van der Waals surface area contributed by atoms with E-state index in [1.807, 2.05) is 32.4 Å². The van der Waals surface area contributed by atoms with Crippen LogP contribution in [0.4, 0.5) is 0 Å². The van der Waals surface area contributed by atoms with E-state index in [0.717, 1.165) is 29.7 Å². The topological polar surface area (TPSA) is 65.4 Å². The SMILES string of the molecule is COc1ccc(C(=O)NCC2(c3cnn(C)c3)CCCO2)c(C)c1. The standard InChI is InChI=1S/C18H23N3O3/c1-13-9-15(23-3)5-6-16(13)17(22)19-12-18(7-4-8-24-18)14-10-20-21(2)11-14/h5-6,9-11H,4,7-8,12H2,1-3H3,(H,19,22). The number of aromatic nitrogens is 2. The van der Waals surface area contributed by atoms with Gasteiger partial charge in [-0.15, -0.1) is 0 Å². The molecule has 0 aliphatic carbocycles. The highest BCUT2D eigenvalue weighted by molar-refractivity contribution is 5.95. The van der Waals surface area contributed by atoms with Crippen LogP contribution >= 0.6 is 0 Å². The molecule has 6 nitrogen and oxygen atoms in total. The number of carbonyl (C=O) groups excluding carboxylic acids is 1. The highest BCUT2D eigenvalue weighted by atomic mass is 16.5. The zero-order chi connectivity index (χ0) is 17.2. The first-order chi connectivity index (χ1) is 11.5. The lowest BCUT2D eigenvalue weighted by atomic mass is 9.93. The van der Waals surface area contributed by atoms with Crippen LogP contribution in [0.3, 0.4) is 0 Å². The molecular weight excluding hydrogens is 306 g/mol. The van der Waals surface area contributed by atoms with E-state index < -0.39 is 5.60 Å². The van der Waals surface area contributed by atoms with E-state index in [1.165, 1.54) is 0 Å². The first kappa shape index (κ1) is 16.5. The Bertz CT molecular complexity index is 733. The Balaban J connectivity index is 1.74. The van der Waals surface area contributed by atoms with Crippen molar-refractivity contribution in [3.05, 3.63) is 47.3 Å². The number of benzene rings is 1. The smallest absolute Gasteiger partial charge is 0.251 e. The molecule has 1 aliphatic rings. The monoisotopic (exact) mass is 329 g/mol. The molecule has 2 aromatic rings. The molecule has 0 bridgehead atoms. The number of hydrogen-bond acceptors (Lipinski definition) is 4. The van der Waals surface area contributed by atoms with Crippen LogP contribution in [-0.4, -0.2) is 35.9 Å². The summed E-state index contributed by atoms with van der Waals surface area (Å²) in [5.41, 5.74) is 2.06. The van der Waals surface area contributed by atoms with Gasteiger partial charge in [0.05, 0.1) is 19.9 Å². The lowest BCUT2D eigenvalue weighted by Gasteiger charge is -2.27. The Morgan fingerprint density at radius 3 is 2.92 bits per heavy atom. The molecule has 1 atom stereocenters. The first-order valence-corrected chi connectivity index (χ1v) is 8.10. The van der Waals surface area contributed by atoms with Crippen molar-refractivity contribution in [2.45, 2.75) is 25.4 Å². The van der Waals surface area contributed by atoms with Gasteiger partial charge in [-0.25, -0.2) is 0 Å². The molecule has 1 unspecified atom stereocenters. The maximum Gasteiger partial charge on any atom is 0.251 e. The van der Waals surface area contributed by atoms with E-state index >= 15 is 0 Å². The fraction of sp³-hybridized carbons (Fsp3) is 0.444. The van der Waals surface area contributed by atoms with E-state index in [-0.39, 0.29) is 5.91 Å². The Morgan fingerprint density at radius 2 is 2.33 bits per heavy atom. The quantitative estimate of drug-likeness (QED) is 0.913. The minimum atomic E-state index is -0.482. The van der Waals surface area contributed by atoms with Gasteiger partial charge in [0, 0.05) is 31.0 Å². The molecule has 1 aromatic heterocycles. The van der Waals surface area contributed by atoms with Crippen molar-refractivity contribution in [2.24, 2.45) is 7.05 Å². The first-order valence-electron chi connectivity index (χ1n) is 8.10. The van der Waals surface area contributed by atoms with Crippen LogP contribution in [0.15, 0.2) is 30.6 Å². The Hall–Kier alpha value is -2.34. The summed E-state index contributed by atoms with van der Waals surface area (Å²) in [5.74, 6) is 0.643. The average Bonchev–Trinajstić information content (AvgIpc) is 3.22. The molecule has 0 radical (unpaired) electrons. The maximum absolute atomic E-state index is 12.6. The normalized spacial score (nSPS) is 20.1. The molecule has 1 aliphatic heterocycles. The molecule has 1 amide bonds. The van der Waals surface area contributed by atoms with Crippen LogP contribution in [0.2, 0.25) is 0 Å². The van der Waals surface area contributed by atoms with Gasteiger partial charge < -0.3 is 14.8 Å². The second-order valence-corrected chi connectivity index (χ2v) is 6.21. The summed E-state index contributed by atoms with van der Waals surface area (Å²) in [6.07, 6.45) is 5.62. The van der Waals surface area contributed by atoms with Crippen molar-refractivity contribution in [3.63, 3.8) is 0 Å². The lowest BCUT2D eigenvalue weighted by Crippen LogP contribution is -2.40. The number of methoxy groups -OCH3 is 1. The molecule has 2 heterocycles. The lowest BCUT2D eigenvalue weighted by molar-refractivity contribution is 0.00129. The van der Waals surface area contributed by atoms with Gasteiger partial charge in [0.1, 0.15) is 11.4 Å². The van der Waals surface area contributed by atoms with Gasteiger partial charge in [-0.3, -0.25) is 9.48 Å². The summed E-state index contributed by atoms with van der Waals surface area (Å²) in [4.78, 5) is 12.6. The molecule has 128 valence electrons. The van der Waals surface area contributed by atoms with Crippen molar-refractivity contribution in [3.8, 4) is 5.75 Å². The summed E-state index contributed by atoms with van der Waals surface area (Å²) in [7, 11) is 3.50. The number of rotatable bonds is 5. The number of nitrogens with zero attached hydrogens (tertiary/aromatic N) is 2. The third kappa shape index (κ3) is 3.14. The maximum atomic E-state index is 12.6. The van der Waals surface area contributed by atoms with Crippen molar-refractivity contribution in [1.29, 1.82) is 0 Å². The van der Waals surface area contributed by atoms with Gasteiger partial charge in [-0.2, -0.15) is 5.10 Å². The van der Waals surface area contributed by atoms with Gasteiger partial charge in [0.25, 0.3) is 5.91 Å². The van der Waals surface area contributed by atoms with Crippen molar-refractivity contribution < 1.29 is 14.3 Å². The number of hydrogen-bond donors (Lipinski definition) is 1. The number of amides is 1. The van der Waals surface area contributed by atoms with Gasteiger partial charge >= 0.3 is 0 Å². The summed E-state index contributed by atoms with van der Waals surface area (Å²) < 4.78 is 12.9. The van der Waals surface area contributed by atoms with E-state index in [2.05, 4.69) is 10.4 Å². The van der Waals surface area contributed by atoms with Gasteiger partial charge in [0.2, 0.25) is 0 Å². The molecule has 1 N–H and O–H groups in total. The zero-order valence-corrected chi connectivity index (χ0v) is 14.3. The van der Waals surface area contributed by atoms with Crippen molar-refractivity contribution >= 4 is 5.91 Å². The predicted octanol–water partition coefficient (Wildman–Crippen LogP) is 2.17. The average molecular weight is 329 g/mol. The van der Waals surface area contributed by atoms with Crippen molar-refractivity contribution in [1.82, 2.24) is 15.1 Å². The molecule has 1 fully saturated rings. The molecule has 6 heteroatoms. The van der Waals surface area contributed by atoms with Crippen LogP contribution in [-0.2, 0) is 17.4 Å². The minimum Gasteiger partial charge on any atom is -0.497 e. The highest BCUT2D eigenvalue weighted by Crippen LogP contribution is 2.35. The fourth-order valence-electron chi connectivity index (χ4n) is 3.16. The molecule has 0 spiro atoms. The zero-order valence-electron chi connectivity index (χ0n) is 14.3. The molecule has 1 aromatic carbocycles. The van der Waals surface area contributed by atoms with Gasteiger partial charge in [-0.05, 0) is 43.5 Å². The molecular formula is C18H23N3O3. The summed E-state index contributed by atoms with van der Waals surface area (Å²) in [6.45, 7) is 3.04. The van der Waals surface area contributed by atoms with E-state index in [1.54, 1.807) is 23.9 Å². The third-order valence-corrected chi connectivity index (χ3v) is 4.55. The summed E-state index contributed by atoms with van der Waals surface area (Å²) in [5, 5.41) is 7.26. The predicted molar refractivity (Wildman–Crippen MR) is 90.1 cm³/mol. The van der Waals surface area contributed by atoms with E-state index in [0.29, 0.717) is 18.7 Å². The van der Waals surface area contributed by atoms with Crippen LogP contribution in [0, 0.1) is 6.92 Å². The van der Waals surface area contributed by atoms with Crippen LogP contribution < -0.4 is 10.1 Å². The summed E-state index contributed by atoms with van der Waals surface area (Å²) in [6, 6.07) is 5.44. The second kappa shape index (κ2) is 6.65. The summed E-state index contributed by atoms with van der Waals surface area (Å²) >= 11 is 0. The Kier molecular flexibility index (Phi) is 4.57. The number of ether oxygens (including phenoxy) is 2. The fourth-order valence-corrected chi connectivity index (χ4v) is 3.16. The Labute approximate surface area is 141 Å². The van der Waals surface area contributed by atoms with Crippen LogP contribution in [0.5, 0.6) is 5.75 Å². The number of carbonyl (C=O) groups is 1. The minimum absolute atomic E-state index is 0.103. The van der Waals surface area contributed by atoms with Crippen LogP contribution in [0.1, 0.15) is 34.3 Å². The van der Waals surface area contributed by atoms with E-state index in [4.69, 9.17) is 9.47 Å². The molecule has 3 rings (SSSR count).